The summed E-state index contributed by atoms with van der Waals surface area (Å²) in [6.07, 6.45) is 16.6. The second-order valence-corrected chi connectivity index (χ2v) is 9.76. The molecule has 0 aliphatic carbocycles. The second kappa shape index (κ2) is 15.4. The molecule has 0 bridgehead atoms. The fraction of sp³-hybridized carbons (Fsp3) is 0.643. The molecule has 0 saturated carbocycles. The molecule has 36 heavy (non-hydrogen) atoms. The van der Waals surface area contributed by atoms with Gasteiger partial charge in [0.1, 0.15) is 0 Å². The number of anilines is 1. The molecule has 0 aromatic heterocycles. The van der Waals surface area contributed by atoms with E-state index in [-0.39, 0.29) is 12.3 Å². The molecule has 0 saturated heterocycles. The maximum atomic E-state index is 12.4. The van der Waals surface area contributed by atoms with Crippen LogP contribution in [0, 0.1) is 0 Å². The number of aromatic nitrogens is 4. The van der Waals surface area contributed by atoms with Crippen molar-refractivity contribution in [3.8, 4) is 11.5 Å². The van der Waals surface area contributed by atoms with Gasteiger partial charge in [-0.15, -0.1) is 0 Å². The van der Waals surface area contributed by atoms with Crippen LogP contribution in [-0.4, -0.2) is 37.8 Å². The van der Waals surface area contributed by atoms with Crippen molar-refractivity contribution >= 4 is 16.7 Å². The quantitative estimate of drug-likeness (QED) is 0.159. The number of aliphatic hydroxyl groups is 1. The monoisotopic (exact) mass is 497 g/mol. The van der Waals surface area contributed by atoms with Gasteiger partial charge in [0.15, 0.2) is 11.5 Å². The zero-order valence-electron chi connectivity index (χ0n) is 21.9. The van der Waals surface area contributed by atoms with Crippen LogP contribution in [0.15, 0.2) is 27.8 Å². The molecular weight excluding hydrogens is 454 g/mol. The summed E-state index contributed by atoms with van der Waals surface area (Å²) in [7, 11) is 0. The van der Waals surface area contributed by atoms with Gasteiger partial charge in [0, 0.05) is 25.4 Å². The van der Waals surface area contributed by atoms with Gasteiger partial charge in [-0.25, -0.2) is 9.78 Å². The number of aliphatic hydroxyl groups excluding tert-OH is 1. The van der Waals surface area contributed by atoms with Gasteiger partial charge in [0.2, 0.25) is 0 Å². The predicted molar refractivity (Wildman–Crippen MR) is 147 cm³/mol. The van der Waals surface area contributed by atoms with Crippen LogP contribution in [0.2, 0.25) is 0 Å². The predicted octanol–water partition coefficient (Wildman–Crippen LogP) is 5.47. The average Bonchev–Trinajstić information content (AvgIpc) is 2.87. The Morgan fingerprint density at radius 2 is 1.53 bits per heavy atom. The number of fused-ring (bicyclic) bond motifs is 2. The van der Waals surface area contributed by atoms with Crippen molar-refractivity contribution in [3.63, 3.8) is 0 Å². The van der Waals surface area contributed by atoms with Gasteiger partial charge in [0.05, 0.1) is 11.0 Å². The number of aryl methyl sites for hydroxylation is 1. The number of aromatic amines is 1. The minimum absolute atomic E-state index is 0.184. The average molecular weight is 498 g/mol. The van der Waals surface area contributed by atoms with E-state index in [2.05, 4.69) is 27.2 Å². The normalized spacial score (nSPS) is 11.5. The van der Waals surface area contributed by atoms with Crippen molar-refractivity contribution in [2.24, 2.45) is 0 Å². The van der Waals surface area contributed by atoms with Crippen LogP contribution < -0.4 is 16.6 Å². The van der Waals surface area contributed by atoms with E-state index >= 15 is 0 Å². The number of H-pyrrole nitrogens is 1. The van der Waals surface area contributed by atoms with E-state index in [1.54, 1.807) is 0 Å². The lowest BCUT2D eigenvalue weighted by atomic mass is 10.1. The second-order valence-electron chi connectivity index (χ2n) is 9.76. The molecule has 0 atom stereocenters. The summed E-state index contributed by atoms with van der Waals surface area (Å²) in [5, 5.41) is 12.6. The number of benzene rings is 1. The first-order chi connectivity index (χ1) is 17.6. The van der Waals surface area contributed by atoms with Crippen molar-refractivity contribution in [2.45, 2.75) is 103 Å². The third-order valence-corrected chi connectivity index (χ3v) is 6.76. The largest absolute Gasteiger partial charge is 0.396 e. The van der Waals surface area contributed by atoms with E-state index in [0.717, 1.165) is 49.9 Å². The van der Waals surface area contributed by atoms with E-state index in [1.165, 1.54) is 57.8 Å². The summed E-state index contributed by atoms with van der Waals surface area (Å²) in [6.45, 7) is 3.98. The lowest BCUT2D eigenvalue weighted by Gasteiger charge is -2.17. The minimum atomic E-state index is -0.655. The number of rotatable bonds is 18. The van der Waals surface area contributed by atoms with Gasteiger partial charge in [-0.1, -0.05) is 77.6 Å². The molecule has 2 heterocycles. The topological polar surface area (TPSA) is 113 Å². The van der Waals surface area contributed by atoms with Gasteiger partial charge >= 0.3 is 5.69 Å². The number of hydrogen-bond donors (Lipinski definition) is 3. The first kappa shape index (κ1) is 27.8. The Bertz CT molecular complexity index is 1140. The molecule has 3 rings (SSSR count). The van der Waals surface area contributed by atoms with Crippen LogP contribution in [0.5, 0.6) is 0 Å². The number of nitrogens with one attached hydrogen (secondary N) is 2. The van der Waals surface area contributed by atoms with Crippen LogP contribution >= 0.6 is 0 Å². The number of unbranched alkanes of at least 4 members (excludes halogenated alkanes) is 12. The summed E-state index contributed by atoms with van der Waals surface area (Å²) in [4.78, 5) is 35.2. The SMILES string of the molecule is CCCCCCCCCCCCNc1ccc2nc3c(=O)[nH]c(=O)nc-3n(CCCCCCO)c2c1. The van der Waals surface area contributed by atoms with Crippen molar-refractivity contribution in [2.75, 3.05) is 18.5 Å². The third kappa shape index (κ3) is 8.43. The number of hydrogen-bond acceptors (Lipinski definition) is 6. The standard InChI is InChI=1S/C28H43N5O3/c1-2-3-4-5-6-7-8-9-10-13-18-29-22-16-17-23-24(21-22)33(19-14-11-12-15-20-34)26-25(30-23)27(35)32-28(36)31-26/h16-17,21,29,34H,2-15,18-20H2,1H3,(H,32,35,36). The molecule has 2 aliphatic rings. The molecule has 198 valence electrons. The molecule has 0 radical (unpaired) electrons. The van der Waals surface area contributed by atoms with Crippen molar-refractivity contribution in [1.29, 1.82) is 0 Å². The minimum Gasteiger partial charge on any atom is -0.396 e. The zero-order chi connectivity index (χ0) is 25.6. The van der Waals surface area contributed by atoms with E-state index in [9.17, 15) is 9.59 Å². The molecule has 1 aromatic carbocycles. The maximum Gasteiger partial charge on any atom is 0.349 e. The van der Waals surface area contributed by atoms with Crippen LogP contribution in [0.3, 0.4) is 0 Å². The van der Waals surface area contributed by atoms with Gasteiger partial charge < -0.3 is 15.0 Å². The van der Waals surface area contributed by atoms with E-state index in [4.69, 9.17) is 5.11 Å². The Balaban J connectivity index is 1.61. The van der Waals surface area contributed by atoms with Crippen LogP contribution in [0.1, 0.15) is 96.8 Å². The summed E-state index contributed by atoms with van der Waals surface area (Å²) in [5.41, 5.74) is 1.58. The van der Waals surface area contributed by atoms with Crippen LogP contribution in [-0.2, 0) is 6.54 Å². The van der Waals surface area contributed by atoms with E-state index in [0.29, 0.717) is 17.9 Å². The molecule has 0 amide bonds. The van der Waals surface area contributed by atoms with Crippen molar-refractivity contribution in [1.82, 2.24) is 19.5 Å². The van der Waals surface area contributed by atoms with Crippen molar-refractivity contribution < 1.29 is 5.11 Å². The lowest BCUT2D eigenvalue weighted by molar-refractivity contribution is 0.282. The highest BCUT2D eigenvalue weighted by Crippen LogP contribution is 2.24. The van der Waals surface area contributed by atoms with Gasteiger partial charge in [-0.2, -0.15) is 4.98 Å². The molecule has 0 unspecified atom stereocenters. The molecule has 8 heteroatoms. The van der Waals surface area contributed by atoms with Gasteiger partial charge in [0.25, 0.3) is 5.56 Å². The smallest absolute Gasteiger partial charge is 0.349 e. The summed E-state index contributed by atoms with van der Waals surface area (Å²) in [5.74, 6) is 0.324. The number of nitrogens with zero attached hydrogens (tertiary/aromatic N) is 3. The Labute approximate surface area is 213 Å². The summed E-state index contributed by atoms with van der Waals surface area (Å²) < 4.78 is 1.94. The lowest BCUT2D eigenvalue weighted by Crippen LogP contribution is -2.29. The highest BCUT2D eigenvalue weighted by molar-refractivity contribution is 5.82. The third-order valence-electron chi connectivity index (χ3n) is 6.76. The molecule has 1 aromatic rings. The highest BCUT2D eigenvalue weighted by Gasteiger charge is 2.18. The Kier molecular flexibility index (Phi) is 11.9. The fourth-order valence-corrected chi connectivity index (χ4v) is 4.71. The van der Waals surface area contributed by atoms with E-state index in [1.807, 2.05) is 22.8 Å². The Morgan fingerprint density at radius 3 is 2.25 bits per heavy atom. The fourth-order valence-electron chi connectivity index (χ4n) is 4.71. The van der Waals surface area contributed by atoms with Gasteiger partial charge in [-0.05, 0) is 37.5 Å². The first-order valence-electron chi connectivity index (χ1n) is 13.9. The maximum absolute atomic E-state index is 12.4. The molecule has 3 N–H and O–H groups in total. The Hall–Kier alpha value is -2.74. The zero-order valence-corrected chi connectivity index (χ0v) is 21.9. The molecule has 8 nitrogen and oxygen atoms in total. The van der Waals surface area contributed by atoms with Gasteiger partial charge in [-0.3, -0.25) is 9.78 Å². The summed E-state index contributed by atoms with van der Waals surface area (Å²) >= 11 is 0. The summed E-state index contributed by atoms with van der Waals surface area (Å²) in [6, 6.07) is 5.95. The molecule has 0 fully saturated rings. The van der Waals surface area contributed by atoms with Crippen molar-refractivity contribution in [3.05, 3.63) is 39.0 Å². The molecule has 0 spiro atoms. The molecule has 2 aliphatic heterocycles. The first-order valence-corrected chi connectivity index (χ1v) is 13.9. The Morgan fingerprint density at radius 1 is 0.861 bits per heavy atom. The molecular formula is C28H43N5O3. The van der Waals surface area contributed by atoms with Crippen LogP contribution in [0.25, 0.3) is 22.6 Å². The van der Waals surface area contributed by atoms with Crippen LogP contribution in [0.4, 0.5) is 5.69 Å². The van der Waals surface area contributed by atoms with E-state index < -0.39 is 11.2 Å². The highest BCUT2D eigenvalue weighted by atomic mass is 16.3.